The molecule has 1 heterocycles. The first-order valence-electron chi connectivity index (χ1n) is 5.50. The van der Waals surface area contributed by atoms with Gasteiger partial charge in [0, 0.05) is 5.56 Å². The zero-order chi connectivity index (χ0) is 13.8. The summed E-state index contributed by atoms with van der Waals surface area (Å²) in [6, 6.07) is 10.1. The van der Waals surface area contributed by atoms with E-state index in [2.05, 4.69) is 0 Å². The molecule has 1 N–H and O–H groups in total. The van der Waals surface area contributed by atoms with E-state index in [1.165, 1.54) is 6.07 Å². The van der Waals surface area contributed by atoms with Gasteiger partial charge in [-0.05, 0) is 17.0 Å². The summed E-state index contributed by atoms with van der Waals surface area (Å²) in [5, 5.41) is 10.6. The molecule has 96 valence electrons. The molecule has 0 spiro atoms. The lowest BCUT2D eigenvalue weighted by atomic mass is 9.98. The van der Waals surface area contributed by atoms with Crippen molar-refractivity contribution in [2.45, 2.75) is 5.92 Å². The third kappa shape index (κ3) is 2.61. The van der Waals surface area contributed by atoms with Crippen molar-refractivity contribution in [3.63, 3.8) is 0 Å². The van der Waals surface area contributed by atoms with E-state index in [0.717, 1.165) is 11.3 Å². The summed E-state index contributed by atoms with van der Waals surface area (Å²) in [6.07, 6.45) is 0.339. The second-order valence-electron chi connectivity index (χ2n) is 3.85. The summed E-state index contributed by atoms with van der Waals surface area (Å²) < 4.78 is 0. The van der Waals surface area contributed by atoms with Crippen LogP contribution in [0.2, 0.25) is 0 Å². The van der Waals surface area contributed by atoms with Gasteiger partial charge in [-0.3, -0.25) is 9.59 Å². The summed E-state index contributed by atoms with van der Waals surface area (Å²) in [7, 11) is 0. The monoisotopic (exact) mass is 274 g/mol. The second kappa shape index (κ2) is 5.58. The fourth-order valence-electron chi connectivity index (χ4n) is 1.73. The van der Waals surface area contributed by atoms with Crippen molar-refractivity contribution in [3.05, 3.63) is 57.8 Å². The minimum Gasteiger partial charge on any atom is -0.480 e. The van der Waals surface area contributed by atoms with E-state index in [9.17, 15) is 14.4 Å². The molecule has 0 radical (unpaired) electrons. The molecular weight excluding hydrogens is 264 g/mol. The summed E-state index contributed by atoms with van der Waals surface area (Å²) in [6.45, 7) is 0. The minimum atomic E-state index is -1.30. The van der Waals surface area contributed by atoms with E-state index in [0.29, 0.717) is 16.7 Å². The lowest BCUT2D eigenvalue weighted by Crippen LogP contribution is -2.15. The maximum atomic E-state index is 12.3. The van der Waals surface area contributed by atoms with Crippen molar-refractivity contribution in [2.75, 3.05) is 0 Å². The highest BCUT2D eigenvalue weighted by atomic mass is 32.1. The molecule has 2 aromatic rings. The summed E-state index contributed by atoms with van der Waals surface area (Å²) in [5.41, 5.74) is 0.725. The van der Waals surface area contributed by atoms with E-state index in [-0.39, 0.29) is 11.3 Å². The van der Waals surface area contributed by atoms with Crippen LogP contribution in [0.3, 0.4) is 0 Å². The van der Waals surface area contributed by atoms with Crippen LogP contribution in [-0.2, 0) is 9.59 Å². The third-order valence-corrected chi connectivity index (χ3v) is 3.60. The summed E-state index contributed by atoms with van der Waals surface area (Å²) in [5.74, 6) is -2.82. The molecular formula is C14H10O4S. The SMILES string of the molecule is O=CC(C(=O)O)c1ccsc1C(=O)c1ccccc1. The van der Waals surface area contributed by atoms with E-state index in [4.69, 9.17) is 5.11 Å². The fourth-order valence-corrected chi connectivity index (χ4v) is 2.64. The average Bonchev–Trinajstić information content (AvgIpc) is 2.88. The highest BCUT2D eigenvalue weighted by Crippen LogP contribution is 2.26. The summed E-state index contributed by atoms with van der Waals surface area (Å²) >= 11 is 1.14. The number of carboxylic acid groups (broad SMARTS) is 1. The third-order valence-electron chi connectivity index (χ3n) is 2.68. The predicted molar refractivity (Wildman–Crippen MR) is 70.6 cm³/mol. The Labute approximate surface area is 113 Å². The lowest BCUT2D eigenvalue weighted by molar-refractivity contribution is -0.140. The largest absolute Gasteiger partial charge is 0.480 e. The Morgan fingerprint density at radius 3 is 2.42 bits per heavy atom. The number of rotatable bonds is 5. The van der Waals surface area contributed by atoms with Gasteiger partial charge in [0.1, 0.15) is 12.2 Å². The number of benzene rings is 1. The van der Waals surface area contributed by atoms with Gasteiger partial charge in [0.2, 0.25) is 5.78 Å². The van der Waals surface area contributed by atoms with Gasteiger partial charge in [-0.2, -0.15) is 0 Å². The van der Waals surface area contributed by atoms with Gasteiger partial charge in [0.15, 0.2) is 0 Å². The molecule has 1 unspecified atom stereocenters. The fraction of sp³-hybridized carbons (Fsp3) is 0.0714. The number of hydrogen-bond acceptors (Lipinski definition) is 4. The normalized spacial score (nSPS) is 11.8. The Bertz CT molecular complexity index is 615. The van der Waals surface area contributed by atoms with Gasteiger partial charge >= 0.3 is 5.97 Å². The van der Waals surface area contributed by atoms with Gasteiger partial charge in [-0.1, -0.05) is 30.3 Å². The number of ketones is 1. The molecule has 0 saturated heterocycles. The maximum Gasteiger partial charge on any atom is 0.318 e. The predicted octanol–water partition coefficient (Wildman–Crippen LogP) is 2.35. The van der Waals surface area contributed by atoms with Crippen LogP contribution in [0.15, 0.2) is 41.8 Å². The molecule has 1 aromatic heterocycles. The molecule has 0 fully saturated rings. The number of carbonyl (C=O) groups excluding carboxylic acids is 2. The van der Waals surface area contributed by atoms with Crippen LogP contribution in [0.4, 0.5) is 0 Å². The summed E-state index contributed by atoms with van der Waals surface area (Å²) in [4.78, 5) is 34.4. The van der Waals surface area contributed by atoms with Crippen LogP contribution < -0.4 is 0 Å². The first kappa shape index (κ1) is 13.2. The number of aliphatic carboxylic acids is 1. The molecule has 1 aromatic carbocycles. The Hall–Kier alpha value is -2.27. The molecule has 19 heavy (non-hydrogen) atoms. The number of carbonyl (C=O) groups is 3. The highest BCUT2D eigenvalue weighted by Gasteiger charge is 2.26. The molecule has 1 atom stereocenters. The van der Waals surface area contributed by atoms with Crippen molar-refractivity contribution >= 4 is 29.4 Å². The van der Waals surface area contributed by atoms with Gasteiger partial charge in [-0.15, -0.1) is 11.3 Å². The topological polar surface area (TPSA) is 71.4 Å². The van der Waals surface area contributed by atoms with E-state index in [1.807, 2.05) is 0 Å². The zero-order valence-corrected chi connectivity index (χ0v) is 10.6. The van der Waals surface area contributed by atoms with E-state index >= 15 is 0 Å². The Balaban J connectivity index is 2.42. The number of hydrogen-bond donors (Lipinski definition) is 1. The highest BCUT2D eigenvalue weighted by molar-refractivity contribution is 7.12. The number of carboxylic acids is 1. The van der Waals surface area contributed by atoms with Gasteiger partial charge < -0.3 is 9.90 Å². The van der Waals surface area contributed by atoms with Crippen molar-refractivity contribution < 1.29 is 19.5 Å². The van der Waals surface area contributed by atoms with Gasteiger partial charge in [-0.25, -0.2) is 0 Å². The maximum absolute atomic E-state index is 12.3. The van der Waals surface area contributed by atoms with Crippen LogP contribution in [0.5, 0.6) is 0 Å². The van der Waals surface area contributed by atoms with Crippen LogP contribution in [-0.4, -0.2) is 23.1 Å². The average molecular weight is 274 g/mol. The molecule has 0 aliphatic heterocycles. The zero-order valence-electron chi connectivity index (χ0n) is 9.78. The molecule has 0 aliphatic rings. The molecule has 0 aliphatic carbocycles. The van der Waals surface area contributed by atoms with Gasteiger partial charge in [0.05, 0.1) is 4.88 Å². The Morgan fingerprint density at radius 1 is 1.16 bits per heavy atom. The molecule has 5 heteroatoms. The molecule has 0 saturated carbocycles. The van der Waals surface area contributed by atoms with Crippen molar-refractivity contribution in [1.82, 2.24) is 0 Å². The van der Waals surface area contributed by atoms with Crippen LogP contribution in [0, 0.1) is 0 Å². The molecule has 2 rings (SSSR count). The second-order valence-corrected chi connectivity index (χ2v) is 4.77. The Morgan fingerprint density at radius 2 is 1.84 bits per heavy atom. The van der Waals surface area contributed by atoms with Crippen molar-refractivity contribution in [3.8, 4) is 0 Å². The number of thiophene rings is 1. The molecule has 4 nitrogen and oxygen atoms in total. The quantitative estimate of drug-likeness (QED) is 0.516. The smallest absolute Gasteiger partial charge is 0.318 e. The van der Waals surface area contributed by atoms with Crippen LogP contribution in [0.1, 0.15) is 26.7 Å². The lowest BCUT2D eigenvalue weighted by Gasteiger charge is -2.06. The molecule has 0 bridgehead atoms. The number of aldehydes is 1. The first-order valence-corrected chi connectivity index (χ1v) is 6.38. The van der Waals surface area contributed by atoms with Gasteiger partial charge in [0.25, 0.3) is 0 Å². The minimum absolute atomic E-state index is 0.251. The Kier molecular flexibility index (Phi) is 3.87. The first-order chi connectivity index (χ1) is 9.15. The van der Waals surface area contributed by atoms with Crippen molar-refractivity contribution in [1.29, 1.82) is 0 Å². The van der Waals surface area contributed by atoms with Crippen LogP contribution >= 0.6 is 11.3 Å². The standard InChI is InChI=1S/C14H10O4S/c15-8-11(14(17)18)10-6-7-19-13(10)12(16)9-4-2-1-3-5-9/h1-8,11H,(H,17,18). The molecule has 0 amide bonds. The van der Waals surface area contributed by atoms with Crippen molar-refractivity contribution in [2.24, 2.45) is 0 Å². The van der Waals surface area contributed by atoms with E-state index < -0.39 is 11.9 Å². The van der Waals surface area contributed by atoms with E-state index in [1.54, 1.807) is 35.7 Å². The van der Waals surface area contributed by atoms with Crippen LogP contribution in [0.25, 0.3) is 0 Å².